The number of carboxylic acids is 1. The summed E-state index contributed by atoms with van der Waals surface area (Å²) in [4.78, 5) is 10.5. The summed E-state index contributed by atoms with van der Waals surface area (Å²) in [5, 5.41) is 8.62. The predicted molar refractivity (Wildman–Crippen MR) is 64.8 cm³/mol. The van der Waals surface area contributed by atoms with Gasteiger partial charge in [-0.2, -0.15) is 0 Å². The lowest BCUT2D eigenvalue weighted by molar-refractivity contribution is -0.131. The van der Waals surface area contributed by atoms with E-state index in [1.807, 2.05) is 30.3 Å². The molecule has 2 rings (SSSR count). The van der Waals surface area contributed by atoms with Crippen molar-refractivity contribution < 1.29 is 9.90 Å². The Labute approximate surface area is 94.2 Å². The Hall–Kier alpha value is -2.09. The van der Waals surface area contributed by atoms with E-state index in [1.54, 1.807) is 6.08 Å². The second kappa shape index (κ2) is 4.62. The predicted octanol–water partition coefficient (Wildman–Crippen LogP) is 3.13. The molecule has 0 fully saturated rings. The first-order chi connectivity index (χ1) is 7.77. The second-order valence-electron chi connectivity index (χ2n) is 3.58. The quantitative estimate of drug-likeness (QED) is 0.781. The molecule has 1 N–H and O–H groups in total. The highest BCUT2D eigenvalue weighted by molar-refractivity contribution is 5.87. The molecular weight excluding hydrogens is 200 g/mol. The van der Waals surface area contributed by atoms with Crippen LogP contribution in [0.4, 0.5) is 0 Å². The van der Waals surface area contributed by atoms with Crippen LogP contribution >= 0.6 is 0 Å². The maximum atomic E-state index is 10.5. The van der Waals surface area contributed by atoms with Gasteiger partial charge in [-0.3, -0.25) is 0 Å². The van der Waals surface area contributed by atoms with Crippen molar-refractivity contribution in [3.05, 3.63) is 59.7 Å². The molecule has 1 aromatic carbocycles. The lowest BCUT2D eigenvalue weighted by Crippen LogP contribution is -1.89. The van der Waals surface area contributed by atoms with Crippen LogP contribution in [0.5, 0.6) is 0 Å². The fourth-order valence-electron chi connectivity index (χ4n) is 1.74. The second-order valence-corrected chi connectivity index (χ2v) is 3.58. The average molecular weight is 212 g/mol. The first kappa shape index (κ1) is 10.4. The molecule has 1 aromatic rings. The van der Waals surface area contributed by atoms with Crippen LogP contribution in [0.1, 0.15) is 17.5 Å². The molecule has 0 heterocycles. The van der Waals surface area contributed by atoms with E-state index in [1.165, 1.54) is 11.6 Å². The monoisotopic (exact) mass is 212 g/mol. The molecule has 0 aromatic heterocycles. The van der Waals surface area contributed by atoms with Gasteiger partial charge in [0.1, 0.15) is 0 Å². The summed E-state index contributed by atoms with van der Waals surface area (Å²) in [5.74, 6) is -0.923. The van der Waals surface area contributed by atoms with Crippen molar-refractivity contribution >= 4 is 17.6 Å². The van der Waals surface area contributed by atoms with Crippen LogP contribution in [0.3, 0.4) is 0 Å². The molecule has 80 valence electrons. The lowest BCUT2D eigenvalue weighted by atomic mass is 9.99. The van der Waals surface area contributed by atoms with E-state index in [0.29, 0.717) is 0 Å². The average Bonchev–Trinajstić information content (AvgIpc) is 2.80. The molecule has 0 unspecified atom stereocenters. The highest BCUT2D eigenvalue weighted by Gasteiger charge is 2.06. The lowest BCUT2D eigenvalue weighted by Gasteiger charge is -2.06. The van der Waals surface area contributed by atoms with E-state index in [-0.39, 0.29) is 0 Å². The first-order valence-corrected chi connectivity index (χ1v) is 5.13. The molecule has 0 aliphatic heterocycles. The van der Waals surface area contributed by atoms with Gasteiger partial charge in [-0.05, 0) is 29.2 Å². The Balaban J connectivity index is 2.34. The van der Waals surface area contributed by atoms with E-state index in [0.717, 1.165) is 17.5 Å². The van der Waals surface area contributed by atoms with E-state index < -0.39 is 5.97 Å². The third-order valence-electron chi connectivity index (χ3n) is 2.48. The highest BCUT2D eigenvalue weighted by atomic mass is 16.4. The minimum absolute atomic E-state index is 0.915. The van der Waals surface area contributed by atoms with Crippen molar-refractivity contribution in [1.82, 2.24) is 0 Å². The van der Waals surface area contributed by atoms with Gasteiger partial charge in [0.2, 0.25) is 0 Å². The van der Waals surface area contributed by atoms with E-state index in [9.17, 15) is 4.79 Å². The van der Waals surface area contributed by atoms with Crippen LogP contribution in [0.25, 0.3) is 11.6 Å². The minimum Gasteiger partial charge on any atom is -0.478 e. The third-order valence-corrected chi connectivity index (χ3v) is 2.48. The van der Waals surface area contributed by atoms with Gasteiger partial charge in [0.05, 0.1) is 0 Å². The van der Waals surface area contributed by atoms with Crippen LogP contribution in [-0.2, 0) is 4.79 Å². The van der Waals surface area contributed by atoms with Crippen molar-refractivity contribution in [2.45, 2.75) is 6.42 Å². The standard InChI is InChI=1S/C14H12O2/c15-14(16)10-9-12-7-3-4-8-13(12)11-5-1-2-6-11/h1-5,7-10H,6H2,(H,15,16)/b10-9+. The van der Waals surface area contributed by atoms with E-state index in [2.05, 4.69) is 12.2 Å². The van der Waals surface area contributed by atoms with Crippen LogP contribution in [-0.4, -0.2) is 11.1 Å². The molecule has 0 amide bonds. The van der Waals surface area contributed by atoms with Crippen LogP contribution < -0.4 is 0 Å². The Morgan fingerprint density at radius 3 is 2.81 bits per heavy atom. The summed E-state index contributed by atoms with van der Waals surface area (Å²) in [6, 6.07) is 7.81. The largest absolute Gasteiger partial charge is 0.478 e. The molecule has 16 heavy (non-hydrogen) atoms. The van der Waals surface area contributed by atoms with Gasteiger partial charge in [0, 0.05) is 6.08 Å². The number of carbonyl (C=O) groups is 1. The number of rotatable bonds is 3. The highest BCUT2D eigenvalue weighted by Crippen LogP contribution is 2.26. The van der Waals surface area contributed by atoms with Crippen molar-refractivity contribution in [2.75, 3.05) is 0 Å². The zero-order valence-electron chi connectivity index (χ0n) is 8.76. The first-order valence-electron chi connectivity index (χ1n) is 5.13. The van der Waals surface area contributed by atoms with Crippen molar-refractivity contribution in [3.63, 3.8) is 0 Å². The summed E-state index contributed by atoms with van der Waals surface area (Å²) in [6.45, 7) is 0. The number of benzene rings is 1. The fraction of sp³-hybridized carbons (Fsp3) is 0.0714. The number of hydrogen-bond acceptors (Lipinski definition) is 1. The van der Waals surface area contributed by atoms with Crippen molar-refractivity contribution in [3.8, 4) is 0 Å². The zero-order chi connectivity index (χ0) is 11.4. The van der Waals surface area contributed by atoms with Crippen LogP contribution in [0.15, 0.2) is 48.6 Å². The van der Waals surface area contributed by atoms with Gasteiger partial charge in [-0.15, -0.1) is 0 Å². The van der Waals surface area contributed by atoms with Crippen molar-refractivity contribution in [2.24, 2.45) is 0 Å². The molecule has 0 spiro atoms. The minimum atomic E-state index is -0.923. The Morgan fingerprint density at radius 2 is 2.12 bits per heavy atom. The molecule has 2 nitrogen and oxygen atoms in total. The number of aliphatic carboxylic acids is 1. The smallest absolute Gasteiger partial charge is 0.328 e. The summed E-state index contributed by atoms with van der Waals surface area (Å²) in [6.07, 6.45) is 9.89. The molecule has 0 saturated heterocycles. The Morgan fingerprint density at radius 1 is 1.31 bits per heavy atom. The molecule has 0 radical (unpaired) electrons. The fourth-order valence-corrected chi connectivity index (χ4v) is 1.74. The Bertz CT molecular complexity index is 493. The summed E-state index contributed by atoms with van der Waals surface area (Å²) >= 11 is 0. The van der Waals surface area contributed by atoms with Gasteiger partial charge in [0.15, 0.2) is 0 Å². The summed E-state index contributed by atoms with van der Waals surface area (Å²) < 4.78 is 0. The zero-order valence-corrected chi connectivity index (χ0v) is 8.76. The van der Waals surface area contributed by atoms with Gasteiger partial charge < -0.3 is 5.11 Å². The van der Waals surface area contributed by atoms with E-state index >= 15 is 0 Å². The van der Waals surface area contributed by atoms with E-state index in [4.69, 9.17) is 5.11 Å². The molecule has 0 atom stereocenters. The summed E-state index contributed by atoms with van der Waals surface area (Å²) in [5.41, 5.74) is 3.27. The SMILES string of the molecule is O=C(O)/C=C/c1ccccc1C1=CC=CC1. The van der Waals surface area contributed by atoms with Gasteiger partial charge in [-0.1, -0.05) is 42.5 Å². The number of allylic oxidation sites excluding steroid dienone is 4. The van der Waals surface area contributed by atoms with Gasteiger partial charge >= 0.3 is 5.97 Å². The molecule has 2 heteroatoms. The Kier molecular flexibility index (Phi) is 3.01. The summed E-state index contributed by atoms with van der Waals surface area (Å²) in [7, 11) is 0. The maximum absolute atomic E-state index is 10.5. The third kappa shape index (κ3) is 2.28. The molecular formula is C14H12O2. The molecule has 1 aliphatic rings. The normalized spacial score (nSPS) is 14.4. The molecule has 0 bridgehead atoms. The van der Waals surface area contributed by atoms with Crippen molar-refractivity contribution in [1.29, 1.82) is 0 Å². The molecule has 1 aliphatic carbocycles. The van der Waals surface area contributed by atoms with Gasteiger partial charge in [0.25, 0.3) is 0 Å². The number of hydrogen-bond donors (Lipinski definition) is 1. The number of carboxylic acid groups (broad SMARTS) is 1. The maximum Gasteiger partial charge on any atom is 0.328 e. The molecule has 0 saturated carbocycles. The van der Waals surface area contributed by atoms with Crippen LogP contribution in [0.2, 0.25) is 0 Å². The van der Waals surface area contributed by atoms with Gasteiger partial charge in [-0.25, -0.2) is 4.79 Å². The topological polar surface area (TPSA) is 37.3 Å². The van der Waals surface area contributed by atoms with Crippen LogP contribution in [0, 0.1) is 0 Å².